The van der Waals surface area contributed by atoms with Gasteiger partial charge in [0, 0.05) is 42.6 Å². The zero-order valence-corrected chi connectivity index (χ0v) is 16.3. The second-order valence-corrected chi connectivity index (χ2v) is 7.36. The minimum atomic E-state index is -0.204. The number of hydrogen-bond donors (Lipinski definition) is 3. The molecule has 0 aromatic heterocycles. The van der Waals surface area contributed by atoms with Crippen molar-refractivity contribution in [2.75, 3.05) is 36.5 Å². The number of urea groups is 1. The van der Waals surface area contributed by atoms with Gasteiger partial charge in [-0.05, 0) is 48.7 Å². The molecule has 7 heteroatoms. The van der Waals surface area contributed by atoms with Crippen LogP contribution in [0.1, 0.15) is 28.8 Å². The van der Waals surface area contributed by atoms with E-state index in [1.54, 1.807) is 24.3 Å². The number of carbonyl (C=O) groups excluding carboxylic acids is 2. The molecule has 1 aliphatic heterocycles. The quantitative estimate of drug-likeness (QED) is 0.704. The highest BCUT2D eigenvalue weighted by molar-refractivity contribution is 5.95. The van der Waals surface area contributed by atoms with Crippen LogP contribution in [0.4, 0.5) is 16.2 Å². The van der Waals surface area contributed by atoms with Crippen molar-refractivity contribution >= 4 is 23.3 Å². The lowest BCUT2D eigenvalue weighted by Crippen LogP contribution is -2.37. The number of para-hydroxylation sites is 1. The Bertz CT molecular complexity index is 859. The molecular formula is C22H26N4O3. The van der Waals surface area contributed by atoms with Gasteiger partial charge < -0.3 is 25.6 Å². The van der Waals surface area contributed by atoms with Gasteiger partial charge in [0.15, 0.2) is 0 Å². The summed E-state index contributed by atoms with van der Waals surface area (Å²) in [6.45, 7) is 3.61. The zero-order chi connectivity index (χ0) is 20.1. The zero-order valence-electron chi connectivity index (χ0n) is 16.3. The first kappa shape index (κ1) is 19.3. The molecule has 1 aliphatic carbocycles. The monoisotopic (exact) mass is 394 g/mol. The second kappa shape index (κ2) is 8.96. The Morgan fingerprint density at radius 3 is 2.45 bits per heavy atom. The van der Waals surface area contributed by atoms with Crippen LogP contribution < -0.4 is 20.9 Å². The number of carbonyl (C=O) groups is 2. The van der Waals surface area contributed by atoms with Gasteiger partial charge in [-0.25, -0.2) is 4.79 Å². The molecule has 0 spiro atoms. The number of nitrogens with zero attached hydrogens (tertiary/aromatic N) is 1. The average molecular weight is 394 g/mol. The van der Waals surface area contributed by atoms with Crippen molar-refractivity contribution in [2.24, 2.45) is 0 Å². The predicted molar refractivity (Wildman–Crippen MR) is 112 cm³/mol. The molecule has 1 saturated heterocycles. The summed E-state index contributed by atoms with van der Waals surface area (Å²) in [5.74, 6) is -0.143. The van der Waals surface area contributed by atoms with Crippen molar-refractivity contribution in [3.8, 4) is 0 Å². The van der Waals surface area contributed by atoms with Crippen LogP contribution in [0, 0.1) is 0 Å². The molecule has 29 heavy (non-hydrogen) atoms. The number of hydrogen-bond acceptors (Lipinski definition) is 4. The van der Waals surface area contributed by atoms with Crippen LogP contribution >= 0.6 is 0 Å². The molecule has 2 fully saturated rings. The van der Waals surface area contributed by atoms with Gasteiger partial charge in [0.1, 0.15) is 0 Å². The SMILES string of the molecule is O=C(Nc1ccc(C(=O)NCc2ccccc2N2CCOCC2)cc1)NC1CC1. The first-order valence-corrected chi connectivity index (χ1v) is 10.1. The number of anilines is 2. The van der Waals surface area contributed by atoms with Crippen molar-refractivity contribution in [1.29, 1.82) is 0 Å². The summed E-state index contributed by atoms with van der Waals surface area (Å²) in [6.07, 6.45) is 2.09. The maximum Gasteiger partial charge on any atom is 0.319 e. The molecule has 1 heterocycles. The molecule has 3 amide bonds. The molecule has 3 N–H and O–H groups in total. The van der Waals surface area contributed by atoms with Crippen molar-refractivity contribution < 1.29 is 14.3 Å². The average Bonchev–Trinajstić information content (AvgIpc) is 3.57. The summed E-state index contributed by atoms with van der Waals surface area (Å²) in [4.78, 5) is 26.6. The Kier molecular flexibility index (Phi) is 5.95. The molecule has 0 atom stereocenters. The maximum atomic E-state index is 12.5. The predicted octanol–water partition coefficient (Wildman–Crippen LogP) is 2.74. The summed E-state index contributed by atoms with van der Waals surface area (Å²) in [5.41, 5.74) is 3.44. The van der Waals surface area contributed by atoms with Gasteiger partial charge in [0.2, 0.25) is 0 Å². The van der Waals surface area contributed by atoms with E-state index in [1.807, 2.05) is 18.2 Å². The number of benzene rings is 2. The van der Waals surface area contributed by atoms with Gasteiger partial charge in [-0.2, -0.15) is 0 Å². The Morgan fingerprint density at radius 2 is 1.72 bits per heavy atom. The molecule has 4 rings (SSSR count). The van der Waals surface area contributed by atoms with E-state index in [1.165, 1.54) is 0 Å². The van der Waals surface area contributed by atoms with Crippen molar-refractivity contribution in [3.63, 3.8) is 0 Å². The van der Waals surface area contributed by atoms with Crippen LogP contribution in [-0.2, 0) is 11.3 Å². The highest BCUT2D eigenvalue weighted by Gasteiger charge is 2.23. The largest absolute Gasteiger partial charge is 0.378 e. The molecule has 2 aromatic carbocycles. The Morgan fingerprint density at radius 1 is 1.00 bits per heavy atom. The minimum Gasteiger partial charge on any atom is -0.378 e. The number of morpholine rings is 1. The summed E-state index contributed by atoms with van der Waals surface area (Å²) >= 11 is 0. The number of rotatable bonds is 6. The second-order valence-electron chi connectivity index (χ2n) is 7.36. The first-order valence-electron chi connectivity index (χ1n) is 10.1. The van der Waals surface area contributed by atoms with Crippen LogP contribution in [-0.4, -0.2) is 44.3 Å². The van der Waals surface area contributed by atoms with E-state index in [0.29, 0.717) is 23.8 Å². The molecule has 0 bridgehead atoms. The van der Waals surface area contributed by atoms with E-state index in [4.69, 9.17) is 4.74 Å². The Labute approximate surface area is 170 Å². The van der Waals surface area contributed by atoms with E-state index in [0.717, 1.165) is 50.4 Å². The summed E-state index contributed by atoms with van der Waals surface area (Å²) in [5, 5.41) is 8.65. The highest BCUT2D eigenvalue weighted by atomic mass is 16.5. The fourth-order valence-electron chi connectivity index (χ4n) is 3.34. The van der Waals surface area contributed by atoms with E-state index in [-0.39, 0.29) is 11.9 Å². The lowest BCUT2D eigenvalue weighted by Gasteiger charge is -2.30. The third-order valence-corrected chi connectivity index (χ3v) is 5.10. The van der Waals surface area contributed by atoms with Crippen molar-refractivity contribution in [1.82, 2.24) is 10.6 Å². The standard InChI is InChI=1S/C22H26N4O3/c27-21(16-5-7-18(8-6-16)24-22(28)25-19-9-10-19)23-15-17-3-1-2-4-20(17)26-11-13-29-14-12-26/h1-8,19H,9-15H2,(H,23,27)(H2,24,25,28). The molecule has 2 aromatic rings. The van der Waals surface area contributed by atoms with E-state index >= 15 is 0 Å². The van der Waals surface area contributed by atoms with E-state index in [2.05, 4.69) is 26.9 Å². The number of amides is 3. The van der Waals surface area contributed by atoms with E-state index < -0.39 is 0 Å². The van der Waals surface area contributed by atoms with Crippen LogP contribution in [0.2, 0.25) is 0 Å². The van der Waals surface area contributed by atoms with Crippen molar-refractivity contribution in [2.45, 2.75) is 25.4 Å². The third-order valence-electron chi connectivity index (χ3n) is 5.10. The topological polar surface area (TPSA) is 82.7 Å². The molecular weight excluding hydrogens is 368 g/mol. The lowest BCUT2D eigenvalue weighted by atomic mass is 10.1. The van der Waals surface area contributed by atoms with Gasteiger partial charge in [-0.1, -0.05) is 18.2 Å². The molecule has 0 radical (unpaired) electrons. The number of nitrogens with one attached hydrogen (secondary N) is 3. The fourth-order valence-corrected chi connectivity index (χ4v) is 3.34. The minimum absolute atomic E-state index is 0.143. The fraction of sp³-hybridized carbons (Fsp3) is 0.364. The van der Waals surface area contributed by atoms with Gasteiger partial charge in [-0.3, -0.25) is 4.79 Å². The maximum absolute atomic E-state index is 12.5. The molecule has 2 aliphatic rings. The van der Waals surface area contributed by atoms with Crippen LogP contribution in [0.3, 0.4) is 0 Å². The Balaban J connectivity index is 1.33. The smallest absolute Gasteiger partial charge is 0.319 e. The molecule has 1 saturated carbocycles. The number of ether oxygens (including phenoxy) is 1. The van der Waals surface area contributed by atoms with Gasteiger partial charge in [0.25, 0.3) is 5.91 Å². The van der Waals surface area contributed by atoms with Crippen LogP contribution in [0.15, 0.2) is 48.5 Å². The Hall–Kier alpha value is -3.06. The van der Waals surface area contributed by atoms with Crippen LogP contribution in [0.25, 0.3) is 0 Å². The van der Waals surface area contributed by atoms with E-state index in [9.17, 15) is 9.59 Å². The summed E-state index contributed by atoms with van der Waals surface area (Å²) < 4.78 is 5.43. The van der Waals surface area contributed by atoms with Gasteiger partial charge >= 0.3 is 6.03 Å². The summed E-state index contributed by atoms with van der Waals surface area (Å²) in [6, 6.07) is 15.1. The molecule has 7 nitrogen and oxygen atoms in total. The van der Waals surface area contributed by atoms with Crippen molar-refractivity contribution in [3.05, 3.63) is 59.7 Å². The molecule has 152 valence electrons. The normalized spacial score (nSPS) is 16.2. The van der Waals surface area contributed by atoms with Crippen LogP contribution in [0.5, 0.6) is 0 Å². The molecule has 0 unspecified atom stereocenters. The highest BCUT2D eigenvalue weighted by Crippen LogP contribution is 2.22. The summed E-state index contributed by atoms with van der Waals surface area (Å²) in [7, 11) is 0. The lowest BCUT2D eigenvalue weighted by molar-refractivity contribution is 0.0950. The van der Waals surface area contributed by atoms with Gasteiger partial charge in [0.05, 0.1) is 13.2 Å². The first-order chi connectivity index (χ1) is 14.2. The van der Waals surface area contributed by atoms with Gasteiger partial charge in [-0.15, -0.1) is 0 Å². The third kappa shape index (κ3) is 5.26.